The summed E-state index contributed by atoms with van der Waals surface area (Å²) in [4.78, 5) is 26.3. The average molecular weight is 371 g/mol. The normalized spacial score (nSPS) is 22.1. The molecule has 0 saturated carbocycles. The molecule has 2 unspecified atom stereocenters. The van der Waals surface area contributed by atoms with E-state index in [-0.39, 0.29) is 24.5 Å². The molecular formula is C20H25N3O4. The van der Waals surface area contributed by atoms with Crippen LogP contribution >= 0.6 is 0 Å². The fourth-order valence-corrected chi connectivity index (χ4v) is 3.53. The van der Waals surface area contributed by atoms with Crippen LogP contribution in [0.1, 0.15) is 38.2 Å². The van der Waals surface area contributed by atoms with Crippen molar-refractivity contribution in [3.63, 3.8) is 0 Å². The third-order valence-corrected chi connectivity index (χ3v) is 5.12. The van der Waals surface area contributed by atoms with E-state index in [1.54, 1.807) is 18.2 Å². The maximum Gasteiger partial charge on any atom is 0.324 e. The summed E-state index contributed by atoms with van der Waals surface area (Å²) in [6, 6.07) is 8.80. The van der Waals surface area contributed by atoms with E-state index in [0.29, 0.717) is 37.7 Å². The number of hydrogen-bond acceptors (Lipinski definition) is 5. The van der Waals surface area contributed by atoms with E-state index < -0.39 is 6.10 Å². The van der Waals surface area contributed by atoms with Crippen LogP contribution < -0.4 is 10.1 Å². The molecule has 7 nitrogen and oxygen atoms in total. The molecule has 1 N–H and O–H groups in total. The van der Waals surface area contributed by atoms with Crippen LogP contribution in [0.3, 0.4) is 0 Å². The summed E-state index contributed by atoms with van der Waals surface area (Å²) in [5.41, 5.74) is 0.785. The Labute approximate surface area is 159 Å². The molecule has 0 bridgehead atoms. The first-order valence-corrected chi connectivity index (χ1v) is 9.44. The lowest BCUT2D eigenvalue weighted by atomic mass is 9.88. The fraction of sp³-hybridized carbons (Fsp3) is 0.550. The van der Waals surface area contributed by atoms with Crippen LogP contribution in [-0.4, -0.2) is 42.2 Å². The molecule has 0 aliphatic carbocycles. The van der Waals surface area contributed by atoms with Gasteiger partial charge in [0.2, 0.25) is 5.91 Å². The van der Waals surface area contributed by atoms with E-state index >= 15 is 0 Å². The molecule has 1 aromatic rings. The first-order chi connectivity index (χ1) is 13.1. The molecule has 3 rings (SSSR count). The number of rotatable bonds is 6. The van der Waals surface area contributed by atoms with Crippen LogP contribution in [0.2, 0.25) is 0 Å². The van der Waals surface area contributed by atoms with Gasteiger partial charge in [0.15, 0.2) is 6.10 Å². The van der Waals surface area contributed by atoms with Gasteiger partial charge >= 0.3 is 6.03 Å². The van der Waals surface area contributed by atoms with Crippen molar-refractivity contribution in [1.29, 1.82) is 5.26 Å². The van der Waals surface area contributed by atoms with E-state index in [9.17, 15) is 9.59 Å². The number of hydrogen-bond donors (Lipinski definition) is 1. The minimum atomic E-state index is -0.514. The molecule has 1 aromatic carbocycles. The minimum absolute atomic E-state index is 0.110. The lowest BCUT2D eigenvalue weighted by molar-refractivity contribution is -0.131. The Morgan fingerprint density at radius 3 is 2.81 bits per heavy atom. The second-order valence-corrected chi connectivity index (χ2v) is 6.98. The SMILES string of the molecule is CCC(C#N)Oc1cccc(CN2C(=O)CC(C3CCOCC3)NC2=O)c1. The number of nitrogens with zero attached hydrogens (tertiary/aromatic N) is 2. The van der Waals surface area contributed by atoms with E-state index in [4.69, 9.17) is 14.7 Å². The number of urea groups is 1. The summed E-state index contributed by atoms with van der Waals surface area (Å²) < 4.78 is 11.0. The highest BCUT2D eigenvalue weighted by atomic mass is 16.5. The molecule has 0 radical (unpaired) electrons. The van der Waals surface area contributed by atoms with Crippen molar-refractivity contribution in [1.82, 2.24) is 10.2 Å². The standard InChI is InChI=1S/C20H25N3O4/c1-2-16(12-21)27-17-5-3-4-14(10-17)13-23-19(24)11-18(22-20(23)25)15-6-8-26-9-7-15/h3-5,10,15-16,18H,2,6-9,11,13H2,1H3,(H,22,25). The predicted octanol–water partition coefficient (Wildman–Crippen LogP) is 2.60. The highest BCUT2D eigenvalue weighted by Gasteiger charge is 2.36. The molecule has 7 heteroatoms. The smallest absolute Gasteiger partial charge is 0.324 e. The van der Waals surface area contributed by atoms with Crippen LogP contribution in [0.5, 0.6) is 5.75 Å². The summed E-state index contributed by atoms with van der Waals surface area (Å²) >= 11 is 0. The molecule has 2 aliphatic rings. The molecule has 0 spiro atoms. The average Bonchev–Trinajstić information content (AvgIpc) is 2.69. The highest BCUT2D eigenvalue weighted by molar-refractivity contribution is 5.97. The Bertz CT molecular complexity index is 706. The fourth-order valence-electron chi connectivity index (χ4n) is 3.53. The third-order valence-electron chi connectivity index (χ3n) is 5.12. The van der Waals surface area contributed by atoms with Crippen molar-refractivity contribution in [3.8, 4) is 11.8 Å². The van der Waals surface area contributed by atoms with Crippen molar-refractivity contribution in [3.05, 3.63) is 29.8 Å². The Morgan fingerprint density at radius 1 is 1.37 bits per heavy atom. The first kappa shape index (κ1) is 19.2. The van der Waals surface area contributed by atoms with Gasteiger partial charge in [-0.1, -0.05) is 19.1 Å². The Balaban J connectivity index is 1.63. The molecule has 2 atom stereocenters. The van der Waals surface area contributed by atoms with E-state index in [1.165, 1.54) is 4.90 Å². The van der Waals surface area contributed by atoms with Gasteiger partial charge in [-0.15, -0.1) is 0 Å². The summed E-state index contributed by atoms with van der Waals surface area (Å²) in [5.74, 6) is 0.693. The van der Waals surface area contributed by atoms with Crippen LogP contribution in [0.15, 0.2) is 24.3 Å². The van der Waals surface area contributed by atoms with Crippen LogP contribution in [0.4, 0.5) is 4.79 Å². The maximum absolute atomic E-state index is 12.6. The lowest BCUT2D eigenvalue weighted by Crippen LogP contribution is -2.56. The zero-order valence-corrected chi connectivity index (χ0v) is 15.5. The predicted molar refractivity (Wildman–Crippen MR) is 97.8 cm³/mol. The first-order valence-electron chi connectivity index (χ1n) is 9.44. The topological polar surface area (TPSA) is 91.7 Å². The van der Waals surface area contributed by atoms with Gasteiger partial charge in [0, 0.05) is 25.7 Å². The number of nitriles is 1. The van der Waals surface area contributed by atoms with E-state index in [0.717, 1.165) is 18.4 Å². The van der Waals surface area contributed by atoms with Crippen molar-refractivity contribution in [2.75, 3.05) is 13.2 Å². The zero-order chi connectivity index (χ0) is 19.2. The van der Waals surface area contributed by atoms with Gasteiger partial charge in [0.25, 0.3) is 0 Å². The van der Waals surface area contributed by atoms with Gasteiger partial charge in [-0.2, -0.15) is 5.26 Å². The molecule has 2 saturated heterocycles. The number of carbonyl (C=O) groups is 2. The number of nitrogens with one attached hydrogen (secondary N) is 1. The quantitative estimate of drug-likeness (QED) is 0.830. The number of amides is 3. The number of ether oxygens (including phenoxy) is 2. The third kappa shape index (κ3) is 4.77. The van der Waals surface area contributed by atoms with Crippen LogP contribution in [0.25, 0.3) is 0 Å². The van der Waals surface area contributed by atoms with Crippen molar-refractivity contribution in [2.24, 2.45) is 5.92 Å². The molecular weight excluding hydrogens is 346 g/mol. The Hall–Kier alpha value is -2.59. The van der Waals surface area contributed by atoms with Gasteiger partial charge in [0.05, 0.1) is 6.54 Å². The number of benzene rings is 1. The Morgan fingerprint density at radius 2 is 2.15 bits per heavy atom. The van der Waals surface area contributed by atoms with Gasteiger partial charge in [0.1, 0.15) is 11.8 Å². The summed E-state index contributed by atoms with van der Waals surface area (Å²) in [7, 11) is 0. The van der Waals surface area contributed by atoms with Crippen molar-refractivity contribution >= 4 is 11.9 Å². The summed E-state index contributed by atoms with van der Waals surface area (Å²) in [6.07, 6.45) is 2.13. The van der Waals surface area contributed by atoms with Crippen molar-refractivity contribution in [2.45, 2.75) is 51.3 Å². The second-order valence-electron chi connectivity index (χ2n) is 6.98. The van der Waals surface area contributed by atoms with E-state index in [2.05, 4.69) is 11.4 Å². The Kier molecular flexibility index (Phi) is 6.30. The number of imide groups is 1. The second kappa shape index (κ2) is 8.87. The van der Waals surface area contributed by atoms with Gasteiger partial charge in [-0.25, -0.2) is 4.79 Å². The van der Waals surface area contributed by atoms with Crippen LogP contribution in [-0.2, 0) is 16.1 Å². The zero-order valence-electron chi connectivity index (χ0n) is 15.5. The highest BCUT2D eigenvalue weighted by Crippen LogP contribution is 2.25. The lowest BCUT2D eigenvalue weighted by Gasteiger charge is -2.37. The maximum atomic E-state index is 12.6. The largest absolute Gasteiger partial charge is 0.476 e. The molecule has 3 amide bonds. The summed E-state index contributed by atoms with van der Waals surface area (Å²) in [6.45, 7) is 3.43. The monoisotopic (exact) mass is 371 g/mol. The van der Waals surface area contributed by atoms with E-state index in [1.807, 2.05) is 13.0 Å². The van der Waals surface area contributed by atoms with Gasteiger partial charge < -0.3 is 14.8 Å². The molecule has 2 heterocycles. The molecule has 144 valence electrons. The van der Waals surface area contributed by atoms with Gasteiger partial charge in [-0.3, -0.25) is 9.69 Å². The van der Waals surface area contributed by atoms with Crippen molar-refractivity contribution < 1.29 is 19.1 Å². The number of carbonyl (C=O) groups excluding carboxylic acids is 2. The molecule has 0 aromatic heterocycles. The summed E-state index contributed by atoms with van der Waals surface area (Å²) in [5, 5.41) is 12.0. The molecule has 2 fully saturated rings. The molecule has 27 heavy (non-hydrogen) atoms. The van der Waals surface area contributed by atoms with Gasteiger partial charge in [-0.05, 0) is 42.9 Å². The van der Waals surface area contributed by atoms with Crippen LogP contribution in [0, 0.1) is 17.2 Å². The molecule has 2 aliphatic heterocycles. The minimum Gasteiger partial charge on any atom is -0.476 e.